The first-order valence-electron chi connectivity index (χ1n) is 10.4. The lowest BCUT2D eigenvalue weighted by Crippen LogP contribution is -2.52. The van der Waals surface area contributed by atoms with Gasteiger partial charge in [0.1, 0.15) is 0 Å². The van der Waals surface area contributed by atoms with E-state index in [-0.39, 0.29) is 11.2 Å². The number of hydrogen-bond donors (Lipinski definition) is 0. The summed E-state index contributed by atoms with van der Waals surface area (Å²) in [7, 11) is 1.83. The number of pyridine rings is 1. The second-order valence-corrected chi connectivity index (χ2v) is 9.41. The Hall–Kier alpha value is -2.24. The van der Waals surface area contributed by atoms with Crippen LogP contribution in [0, 0.1) is 30.1 Å². The van der Waals surface area contributed by atoms with Crippen molar-refractivity contribution in [3.05, 3.63) is 23.5 Å². The first kappa shape index (κ1) is 17.8. The van der Waals surface area contributed by atoms with Gasteiger partial charge in [-0.2, -0.15) is 5.10 Å². The molecule has 1 atom stereocenters. The molecular weight excluding hydrogens is 354 g/mol. The SMILES string of the molecule is Cc1nn(C)c2ncc(C(=O)O[C@@H](C)C(=O)C34CC5CC(CC(C5)C3)C4)cc12. The number of esters is 1. The van der Waals surface area contributed by atoms with Crippen LogP contribution in [-0.2, 0) is 16.6 Å². The van der Waals surface area contributed by atoms with Crippen LogP contribution in [0.4, 0.5) is 0 Å². The predicted molar refractivity (Wildman–Crippen MR) is 104 cm³/mol. The smallest absolute Gasteiger partial charge is 0.340 e. The number of ether oxygens (including phenoxy) is 1. The van der Waals surface area contributed by atoms with Gasteiger partial charge in [0.05, 0.1) is 11.3 Å². The summed E-state index contributed by atoms with van der Waals surface area (Å²) >= 11 is 0. The van der Waals surface area contributed by atoms with Gasteiger partial charge in [-0.05, 0) is 76.2 Å². The fourth-order valence-corrected chi connectivity index (χ4v) is 6.55. The summed E-state index contributed by atoms with van der Waals surface area (Å²) in [6.45, 7) is 3.62. The Morgan fingerprint density at radius 3 is 2.39 bits per heavy atom. The molecule has 4 saturated carbocycles. The van der Waals surface area contributed by atoms with Gasteiger partial charge in [0.2, 0.25) is 0 Å². The van der Waals surface area contributed by atoms with E-state index in [0.29, 0.717) is 23.3 Å². The van der Waals surface area contributed by atoms with E-state index in [1.54, 1.807) is 17.7 Å². The number of carbonyl (C=O) groups is 2. The molecule has 0 amide bonds. The van der Waals surface area contributed by atoms with Crippen LogP contribution in [0.1, 0.15) is 61.5 Å². The highest BCUT2D eigenvalue weighted by atomic mass is 16.5. The van der Waals surface area contributed by atoms with Crippen LogP contribution in [0.5, 0.6) is 0 Å². The van der Waals surface area contributed by atoms with E-state index in [9.17, 15) is 9.59 Å². The lowest BCUT2D eigenvalue weighted by Gasteiger charge is -2.56. The largest absolute Gasteiger partial charge is 0.451 e. The fraction of sp³-hybridized carbons (Fsp3) is 0.636. The van der Waals surface area contributed by atoms with Crippen molar-refractivity contribution < 1.29 is 14.3 Å². The van der Waals surface area contributed by atoms with Crippen LogP contribution in [0.15, 0.2) is 12.3 Å². The summed E-state index contributed by atoms with van der Waals surface area (Å²) in [6.07, 6.45) is 7.62. The Morgan fingerprint density at radius 2 is 1.79 bits per heavy atom. The van der Waals surface area contributed by atoms with Crippen molar-refractivity contribution in [2.45, 2.75) is 58.5 Å². The highest BCUT2D eigenvalue weighted by Gasteiger charge is 2.55. The number of ketones is 1. The third kappa shape index (κ3) is 2.68. The van der Waals surface area contributed by atoms with E-state index in [2.05, 4.69) is 10.1 Å². The molecule has 0 aliphatic heterocycles. The third-order valence-corrected chi connectivity index (χ3v) is 7.31. The molecule has 0 N–H and O–H groups in total. The van der Waals surface area contributed by atoms with Crippen molar-refractivity contribution in [3.8, 4) is 0 Å². The van der Waals surface area contributed by atoms with Gasteiger partial charge in [0.25, 0.3) is 0 Å². The monoisotopic (exact) mass is 381 g/mol. The predicted octanol–water partition coefficient (Wildman–Crippen LogP) is 3.61. The molecule has 4 bridgehead atoms. The number of nitrogens with zero attached hydrogens (tertiary/aromatic N) is 3. The number of aryl methyl sites for hydroxylation is 2. The summed E-state index contributed by atoms with van der Waals surface area (Å²) in [6, 6.07) is 1.76. The van der Waals surface area contributed by atoms with Crippen LogP contribution in [0.3, 0.4) is 0 Å². The fourth-order valence-electron chi connectivity index (χ4n) is 6.55. The minimum atomic E-state index is -0.713. The standard InChI is InChI=1S/C22H27N3O3/c1-12-18-7-17(11-23-20(18)25(3)24-12)21(27)28-13(2)19(26)22-8-14-4-15(9-22)6-16(5-14)10-22/h7,11,13-16H,4-6,8-10H2,1-3H3/t13-,14?,15?,16?,22?/m0/s1. The molecule has 0 spiro atoms. The average molecular weight is 381 g/mol. The quantitative estimate of drug-likeness (QED) is 0.757. The van der Waals surface area contributed by atoms with E-state index in [4.69, 9.17) is 4.74 Å². The van der Waals surface area contributed by atoms with Crippen LogP contribution in [0.25, 0.3) is 11.0 Å². The molecule has 28 heavy (non-hydrogen) atoms. The molecule has 0 unspecified atom stereocenters. The van der Waals surface area contributed by atoms with E-state index >= 15 is 0 Å². The molecule has 148 valence electrons. The van der Waals surface area contributed by atoms with Crippen LogP contribution < -0.4 is 0 Å². The van der Waals surface area contributed by atoms with Crippen LogP contribution >= 0.6 is 0 Å². The number of carbonyl (C=O) groups excluding carboxylic acids is 2. The van der Waals surface area contributed by atoms with Gasteiger partial charge in [-0.1, -0.05) is 0 Å². The van der Waals surface area contributed by atoms with Crippen molar-refractivity contribution in [3.63, 3.8) is 0 Å². The van der Waals surface area contributed by atoms with Crippen molar-refractivity contribution in [2.24, 2.45) is 30.2 Å². The molecule has 2 aromatic rings. The Balaban J connectivity index is 1.34. The van der Waals surface area contributed by atoms with Crippen LogP contribution in [0.2, 0.25) is 0 Å². The molecule has 0 radical (unpaired) electrons. The maximum absolute atomic E-state index is 13.3. The summed E-state index contributed by atoms with van der Waals surface area (Å²) in [5.74, 6) is 1.73. The van der Waals surface area contributed by atoms with Crippen molar-refractivity contribution in [2.75, 3.05) is 0 Å². The Morgan fingerprint density at radius 1 is 1.18 bits per heavy atom. The van der Waals surface area contributed by atoms with E-state index in [1.165, 1.54) is 25.5 Å². The maximum Gasteiger partial charge on any atom is 0.340 e. The van der Waals surface area contributed by atoms with Gasteiger partial charge in [0, 0.05) is 24.0 Å². The molecule has 0 saturated heterocycles. The second kappa shape index (κ2) is 6.13. The minimum absolute atomic E-state index is 0.131. The highest BCUT2D eigenvalue weighted by Crippen LogP contribution is 2.60. The molecule has 4 aliphatic rings. The summed E-state index contributed by atoms with van der Waals surface area (Å²) in [5, 5.41) is 5.16. The molecule has 6 rings (SSSR count). The first-order chi connectivity index (χ1) is 13.3. The number of Topliss-reactive ketones (excluding diaryl/α,β-unsaturated/α-hetero) is 1. The zero-order valence-electron chi connectivity index (χ0n) is 16.8. The van der Waals surface area contributed by atoms with E-state index in [1.807, 2.05) is 14.0 Å². The van der Waals surface area contributed by atoms with E-state index < -0.39 is 12.1 Å². The maximum atomic E-state index is 13.3. The van der Waals surface area contributed by atoms with Gasteiger partial charge < -0.3 is 4.74 Å². The highest BCUT2D eigenvalue weighted by molar-refractivity contribution is 5.96. The first-order valence-corrected chi connectivity index (χ1v) is 10.4. The lowest BCUT2D eigenvalue weighted by molar-refractivity contribution is -0.152. The van der Waals surface area contributed by atoms with Gasteiger partial charge >= 0.3 is 5.97 Å². The number of rotatable bonds is 4. The summed E-state index contributed by atoms with van der Waals surface area (Å²) < 4.78 is 7.32. The Bertz CT molecular complexity index is 942. The zero-order chi connectivity index (χ0) is 19.6. The molecule has 0 aromatic carbocycles. The Labute approximate surface area is 164 Å². The average Bonchev–Trinajstić information content (AvgIpc) is 2.93. The minimum Gasteiger partial charge on any atom is -0.451 e. The molecule has 6 heteroatoms. The topological polar surface area (TPSA) is 74.1 Å². The van der Waals surface area contributed by atoms with Crippen molar-refractivity contribution >= 4 is 22.8 Å². The van der Waals surface area contributed by atoms with Gasteiger partial charge in [0.15, 0.2) is 17.5 Å². The summed E-state index contributed by atoms with van der Waals surface area (Å²) in [5.41, 5.74) is 1.66. The van der Waals surface area contributed by atoms with Crippen molar-refractivity contribution in [1.82, 2.24) is 14.8 Å². The molecule has 2 aromatic heterocycles. The Kier molecular flexibility index (Phi) is 3.90. The van der Waals surface area contributed by atoms with Crippen LogP contribution in [-0.4, -0.2) is 32.6 Å². The van der Waals surface area contributed by atoms with Crippen molar-refractivity contribution in [1.29, 1.82) is 0 Å². The molecule has 4 aliphatic carbocycles. The van der Waals surface area contributed by atoms with Gasteiger partial charge in [-0.25, -0.2) is 9.78 Å². The molecule has 4 fully saturated rings. The zero-order valence-corrected chi connectivity index (χ0v) is 16.8. The molecular formula is C22H27N3O3. The molecule has 2 heterocycles. The third-order valence-electron chi connectivity index (χ3n) is 7.31. The normalized spacial score (nSPS) is 31.9. The number of fused-ring (bicyclic) bond motifs is 1. The second-order valence-electron chi connectivity index (χ2n) is 9.41. The lowest BCUT2D eigenvalue weighted by atomic mass is 9.48. The number of aromatic nitrogens is 3. The van der Waals surface area contributed by atoms with Gasteiger partial charge in [-0.15, -0.1) is 0 Å². The summed E-state index contributed by atoms with van der Waals surface area (Å²) in [4.78, 5) is 30.4. The number of hydrogen-bond acceptors (Lipinski definition) is 5. The molecule has 6 nitrogen and oxygen atoms in total. The van der Waals surface area contributed by atoms with E-state index in [0.717, 1.165) is 36.0 Å². The van der Waals surface area contributed by atoms with Gasteiger partial charge in [-0.3, -0.25) is 9.48 Å².